The molecule has 122 valence electrons. The van der Waals surface area contributed by atoms with Gasteiger partial charge in [0.1, 0.15) is 6.10 Å². The van der Waals surface area contributed by atoms with E-state index in [9.17, 15) is 4.79 Å². The lowest BCUT2D eigenvalue weighted by atomic mass is 9.90. The third-order valence-corrected chi connectivity index (χ3v) is 9.86. The molecular formula is C18H34O2Si. The molecule has 21 heavy (non-hydrogen) atoms. The summed E-state index contributed by atoms with van der Waals surface area (Å²) in [5.41, 5.74) is 0. The number of hydrogen-bond acceptors (Lipinski definition) is 2. The minimum atomic E-state index is -1.73. The Morgan fingerprint density at radius 1 is 1.19 bits per heavy atom. The molecule has 0 amide bonds. The minimum Gasteiger partial charge on any atom is -0.406 e. The van der Waals surface area contributed by atoms with Crippen LogP contribution in [0.25, 0.3) is 0 Å². The van der Waals surface area contributed by atoms with Crippen LogP contribution in [0.15, 0.2) is 12.2 Å². The number of rotatable bonds is 8. The molecule has 1 unspecified atom stereocenters. The maximum absolute atomic E-state index is 12.9. The van der Waals surface area contributed by atoms with E-state index >= 15 is 0 Å². The van der Waals surface area contributed by atoms with Crippen LogP contribution in [0.5, 0.6) is 0 Å². The van der Waals surface area contributed by atoms with E-state index in [4.69, 9.17) is 4.43 Å². The fourth-order valence-corrected chi connectivity index (χ4v) is 6.18. The third kappa shape index (κ3) is 4.78. The lowest BCUT2D eigenvalue weighted by Crippen LogP contribution is -2.46. The van der Waals surface area contributed by atoms with Crippen molar-refractivity contribution in [2.45, 2.75) is 84.5 Å². The van der Waals surface area contributed by atoms with E-state index in [-0.39, 0.29) is 17.9 Å². The van der Waals surface area contributed by atoms with Crippen LogP contribution in [-0.2, 0) is 9.22 Å². The first-order valence-electron chi connectivity index (χ1n) is 8.91. The first kappa shape index (κ1) is 18.6. The average Bonchev–Trinajstić information content (AvgIpc) is 2.63. The van der Waals surface area contributed by atoms with Gasteiger partial charge in [-0.25, -0.2) is 0 Å². The predicted molar refractivity (Wildman–Crippen MR) is 93.0 cm³/mol. The minimum absolute atomic E-state index is 0.174. The summed E-state index contributed by atoms with van der Waals surface area (Å²) < 4.78 is 6.58. The molecule has 0 aromatic heterocycles. The topological polar surface area (TPSA) is 26.3 Å². The SMILES string of the molecule is CCCC[C@H]1CC=CC(C)[C@@H](O[Si](CC)(CC)CC)C1=O. The second-order valence-electron chi connectivity index (χ2n) is 6.55. The van der Waals surface area contributed by atoms with E-state index in [2.05, 4.69) is 46.8 Å². The van der Waals surface area contributed by atoms with Gasteiger partial charge in [0.25, 0.3) is 0 Å². The van der Waals surface area contributed by atoms with E-state index in [0.717, 1.165) is 43.8 Å². The Hall–Kier alpha value is -0.413. The maximum Gasteiger partial charge on any atom is 0.193 e. The zero-order chi connectivity index (χ0) is 15.9. The number of unbranched alkanes of at least 4 members (excludes halogenated alkanes) is 1. The molecule has 3 atom stereocenters. The molecule has 0 saturated carbocycles. The Balaban J connectivity index is 2.89. The molecule has 3 heteroatoms. The van der Waals surface area contributed by atoms with Crippen molar-refractivity contribution >= 4 is 14.1 Å². The molecule has 0 saturated heterocycles. The van der Waals surface area contributed by atoms with Crippen LogP contribution in [0, 0.1) is 11.8 Å². The van der Waals surface area contributed by atoms with Crippen molar-refractivity contribution in [3.05, 3.63) is 12.2 Å². The maximum atomic E-state index is 12.9. The summed E-state index contributed by atoms with van der Waals surface area (Å²) in [7, 11) is -1.73. The van der Waals surface area contributed by atoms with Crippen LogP contribution in [0.4, 0.5) is 0 Å². The average molecular weight is 311 g/mol. The first-order valence-corrected chi connectivity index (χ1v) is 11.4. The summed E-state index contributed by atoms with van der Waals surface area (Å²) in [4.78, 5) is 12.9. The van der Waals surface area contributed by atoms with Gasteiger partial charge in [0.15, 0.2) is 14.1 Å². The van der Waals surface area contributed by atoms with E-state index in [0.29, 0.717) is 5.78 Å². The smallest absolute Gasteiger partial charge is 0.193 e. The molecule has 0 bridgehead atoms. The van der Waals surface area contributed by atoms with Gasteiger partial charge < -0.3 is 4.43 Å². The normalized spacial score (nSPS) is 26.9. The van der Waals surface area contributed by atoms with Crippen LogP contribution in [0.2, 0.25) is 18.1 Å². The van der Waals surface area contributed by atoms with Crippen LogP contribution < -0.4 is 0 Å². The molecular weight excluding hydrogens is 276 g/mol. The number of allylic oxidation sites excluding steroid dienone is 1. The van der Waals surface area contributed by atoms with Crippen molar-refractivity contribution in [2.24, 2.45) is 11.8 Å². The lowest BCUT2D eigenvalue weighted by molar-refractivity contribution is -0.131. The van der Waals surface area contributed by atoms with Crippen LogP contribution in [0.1, 0.15) is 60.3 Å². The Kier molecular flexibility index (Phi) is 7.89. The monoisotopic (exact) mass is 310 g/mol. The highest BCUT2D eigenvalue weighted by Gasteiger charge is 2.39. The molecule has 1 aliphatic rings. The van der Waals surface area contributed by atoms with Gasteiger partial charge in [0, 0.05) is 11.8 Å². The van der Waals surface area contributed by atoms with E-state index in [1.165, 1.54) is 0 Å². The standard InChI is InChI=1S/C18H34O2Si/c1-6-10-13-16-14-11-12-15(5)18(17(16)19)20-21(7-2,8-3)9-4/h11-12,15-16,18H,6-10,13-14H2,1-5H3/t15?,16-,18+/m0/s1. The number of hydrogen-bond donors (Lipinski definition) is 0. The van der Waals surface area contributed by atoms with Crippen LogP contribution in [-0.4, -0.2) is 20.2 Å². The molecule has 0 aromatic rings. The Morgan fingerprint density at radius 2 is 1.81 bits per heavy atom. The van der Waals surface area contributed by atoms with Gasteiger partial charge in [-0.05, 0) is 31.0 Å². The van der Waals surface area contributed by atoms with E-state index in [1.807, 2.05) is 0 Å². The van der Waals surface area contributed by atoms with Gasteiger partial charge >= 0.3 is 0 Å². The van der Waals surface area contributed by atoms with Crippen molar-refractivity contribution < 1.29 is 9.22 Å². The largest absolute Gasteiger partial charge is 0.406 e. The van der Waals surface area contributed by atoms with E-state index in [1.54, 1.807) is 0 Å². The third-order valence-electron chi connectivity index (χ3n) is 5.24. The van der Waals surface area contributed by atoms with Gasteiger partial charge in [0.2, 0.25) is 0 Å². The van der Waals surface area contributed by atoms with Gasteiger partial charge in [0.05, 0.1) is 0 Å². The first-order chi connectivity index (χ1) is 10.0. The molecule has 1 rings (SSSR count). The predicted octanol–water partition coefficient (Wildman–Crippen LogP) is 5.35. The van der Waals surface area contributed by atoms with Gasteiger partial charge in [-0.15, -0.1) is 0 Å². The van der Waals surface area contributed by atoms with Gasteiger partial charge in [-0.2, -0.15) is 0 Å². The molecule has 0 aliphatic heterocycles. The number of Topliss-reactive ketones (excluding diaryl/α,β-unsaturated/α-hetero) is 1. The highest BCUT2D eigenvalue weighted by Crippen LogP contribution is 2.31. The molecule has 0 radical (unpaired) electrons. The zero-order valence-corrected chi connectivity index (χ0v) is 15.7. The molecule has 0 fully saturated rings. The van der Waals surface area contributed by atoms with Gasteiger partial charge in [-0.1, -0.05) is 59.6 Å². The Labute approximate surface area is 132 Å². The highest BCUT2D eigenvalue weighted by molar-refractivity contribution is 6.73. The number of carbonyl (C=O) groups is 1. The van der Waals surface area contributed by atoms with Crippen molar-refractivity contribution in [1.82, 2.24) is 0 Å². The number of carbonyl (C=O) groups excluding carboxylic acids is 1. The quantitative estimate of drug-likeness (QED) is 0.446. The summed E-state index contributed by atoms with van der Waals surface area (Å²) >= 11 is 0. The summed E-state index contributed by atoms with van der Waals surface area (Å²) in [5, 5.41) is 0. The van der Waals surface area contributed by atoms with Crippen molar-refractivity contribution in [1.29, 1.82) is 0 Å². The Morgan fingerprint density at radius 3 is 2.33 bits per heavy atom. The molecule has 0 N–H and O–H groups in total. The second kappa shape index (κ2) is 8.89. The van der Waals surface area contributed by atoms with Crippen molar-refractivity contribution in [3.8, 4) is 0 Å². The molecule has 2 nitrogen and oxygen atoms in total. The summed E-state index contributed by atoms with van der Waals surface area (Å²) in [6, 6.07) is 3.33. The van der Waals surface area contributed by atoms with Crippen LogP contribution in [0.3, 0.4) is 0 Å². The molecule has 1 aliphatic carbocycles. The van der Waals surface area contributed by atoms with E-state index < -0.39 is 8.32 Å². The van der Waals surface area contributed by atoms with Gasteiger partial charge in [-0.3, -0.25) is 4.79 Å². The van der Waals surface area contributed by atoms with Crippen LogP contribution >= 0.6 is 0 Å². The summed E-state index contributed by atoms with van der Waals surface area (Å²) in [6.07, 6.45) is 8.44. The summed E-state index contributed by atoms with van der Waals surface area (Å²) in [6.45, 7) is 11.0. The van der Waals surface area contributed by atoms with Crippen molar-refractivity contribution in [2.75, 3.05) is 0 Å². The molecule has 0 aromatic carbocycles. The lowest BCUT2D eigenvalue weighted by Gasteiger charge is -2.35. The fourth-order valence-electron chi connectivity index (χ4n) is 3.31. The second-order valence-corrected chi connectivity index (χ2v) is 11.3. The summed E-state index contributed by atoms with van der Waals surface area (Å²) in [5.74, 6) is 0.766. The highest BCUT2D eigenvalue weighted by atomic mass is 28.4. The molecule has 0 spiro atoms. The number of ketones is 1. The molecule has 0 heterocycles. The van der Waals surface area contributed by atoms with Crippen molar-refractivity contribution in [3.63, 3.8) is 0 Å². The zero-order valence-electron chi connectivity index (χ0n) is 14.7. The Bertz CT molecular complexity index is 339. The fraction of sp³-hybridized carbons (Fsp3) is 0.833.